The van der Waals surface area contributed by atoms with E-state index in [0.29, 0.717) is 16.3 Å². The number of nitrogens with zero attached hydrogens (tertiary/aromatic N) is 1. The number of ether oxygens (including phenoxy) is 1. The van der Waals surface area contributed by atoms with Crippen LogP contribution in [0, 0.1) is 12.7 Å². The van der Waals surface area contributed by atoms with E-state index in [1.165, 1.54) is 4.90 Å². The van der Waals surface area contributed by atoms with E-state index in [1.807, 2.05) is 0 Å². The molecule has 5 nitrogen and oxygen atoms in total. The lowest BCUT2D eigenvalue weighted by Crippen LogP contribution is -2.26. The van der Waals surface area contributed by atoms with Gasteiger partial charge in [-0.2, -0.15) is 0 Å². The molecule has 0 atom stereocenters. The summed E-state index contributed by atoms with van der Waals surface area (Å²) in [5, 5.41) is 0.455. The number of fused-ring (bicyclic) bond motifs is 1. The van der Waals surface area contributed by atoms with Crippen LogP contribution in [0.5, 0.6) is 0 Å². The summed E-state index contributed by atoms with van der Waals surface area (Å²) in [6.45, 7) is 1.74. The molecule has 0 radical (unpaired) electrons. The topological polar surface area (TPSA) is 63.7 Å². The van der Waals surface area contributed by atoms with Crippen LogP contribution in [0.3, 0.4) is 0 Å². The standard InChI is InChI=1S/C17H13ClFNO4S/c1-10-12(18)4-3-5-13(10)20-9-16(17(21)24-2)25(22,23)15-7-6-11(19)8-14(15)20/h3-9H,1-2H3. The molecule has 2 aromatic rings. The molecular weight excluding hydrogens is 369 g/mol. The predicted octanol–water partition coefficient (Wildman–Crippen LogP) is 3.73. The molecular formula is C17H13ClFNO4S. The molecule has 0 spiro atoms. The molecule has 25 heavy (non-hydrogen) atoms. The van der Waals surface area contributed by atoms with Crippen molar-refractivity contribution < 1.29 is 22.3 Å². The highest BCUT2D eigenvalue weighted by Crippen LogP contribution is 2.42. The summed E-state index contributed by atoms with van der Waals surface area (Å²) < 4.78 is 43.8. The normalized spacial score (nSPS) is 15.4. The van der Waals surface area contributed by atoms with E-state index in [1.54, 1.807) is 25.1 Å². The van der Waals surface area contributed by atoms with Gasteiger partial charge < -0.3 is 9.64 Å². The van der Waals surface area contributed by atoms with Crippen LogP contribution in [0.2, 0.25) is 5.02 Å². The number of hydrogen-bond donors (Lipinski definition) is 0. The Hall–Kier alpha value is -2.38. The van der Waals surface area contributed by atoms with Gasteiger partial charge in [0.2, 0.25) is 9.84 Å². The number of hydrogen-bond acceptors (Lipinski definition) is 5. The molecule has 1 aliphatic rings. The molecule has 130 valence electrons. The summed E-state index contributed by atoms with van der Waals surface area (Å²) in [4.78, 5) is 12.7. The minimum atomic E-state index is -4.13. The van der Waals surface area contributed by atoms with Crippen LogP contribution in [-0.4, -0.2) is 21.5 Å². The first kappa shape index (κ1) is 17.4. The predicted molar refractivity (Wildman–Crippen MR) is 92.0 cm³/mol. The van der Waals surface area contributed by atoms with Crippen molar-refractivity contribution in [3.05, 3.63) is 63.9 Å². The zero-order chi connectivity index (χ0) is 18.4. The molecule has 8 heteroatoms. The zero-order valence-corrected chi connectivity index (χ0v) is 14.9. The third-order valence-corrected chi connectivity index (χ3v) is 6.08. The maximum absolute atomic E-state index is 13.8. The van der Waals surface area contributed by atoms with Crippen molar-refractivity contribution in [1.29, 1.82) is 0 Å². The van der Waals surface area contributed by atoms with Gasteiger partial charge in [-0.25, -0.2) is 17.6 Å². The fourth-order valence-corrected chi connectivity index (χ4v) is 4.23. The number of carbonyl (C=O) groups excluding carboxylic acids is 1. The van der Waals surface area contributed by atoms with Gasteiger partial charge in [0, 0.05) is 11.2 Å². The maximum Gasteiger partial charge on any atom is 0.351 e. The summed E-state index contributed by atoms with van der Waals surface area (Å²) in [6, 6.07) is 8.30. The lowest BCUT2D eigenvalue weighted by molar-refractivity contribution is -0.135. The number of halogens is 2. The van der Waals surface area contributed by atoms with Gasteiger partial charge in [0.1, 0.15) is 5.82 Å². The zero-order valence-electron chi connectivity index (χ0n) is 13.3. The van der Waals surface area contributed by atoms with Crippen molar-refractivity contribution in [3.8, 4) is 0 Å². The summed E-state index contributed by atoms with van der Waals surface area (Å²) in [6.07, 6.45) is 1.13. The van der Waals surface area contributed by atoms with Crippen molar-refractivity contribution in [3.63, 3.8) is 0 Å². The maximum atomic E-state index is 13.8. The molecule has 1 heterocycles. The van der Waals surface area contributed by atoms with Gasteiger partial charge in [-0.3, -0.25) is 0 Å². The Morgan fingerprint density at radius 3 is 2.60 bits per heavy atom. The second-order valence-electron chi connectivity index (χ2n) is 5.35. The van der Waals surface area contributed by atoms with E-state index in [9.17, 15) is 17.6 Å². The van der Waals surface area contributed by atoms with Crippen molar-refractivity contribution in [2.24, 2.45) is 0 Å². The third kappa shape index (κ3) is 2.79. The summed E-state index contributed by atoms with van der Waals surface area (Å²) in [5.41, 5.74) is 1.27. The van der Waals surface area contributed by atoms with Gasteiger partial charge >= 0.3 is 5.97 Å². The minimum absolute atomic E-state index is 0.0954. The highest BCUT2D eigenvalue weighted by molar-refractivity contribution is 7.96. The average Bonchev–Trinajstić information content (AvgIpc) is 2.57. The number of benzene rings is 2. The monoisotopic (exact) mass is 381 g/mol. The Balaban J connectivity index is 2.35. The van der Waals surface area contributed by atoms with Crippen molar-refractivity contribution in [1.82, 2.24) is 0 Å². The van der Waals surface area contributed by atoms with E-state index in [0.717, 1.165) is 31.5 Å². The molecule has 0 bridgehead atoms. The van der Waals surface area contributed by atoms with Crippen LogP contribution in [-0.2, 0) is 19.4 Å². The lowest BCUT2D eigenvalue weighted by atomic mass is 10.1. The number of methoxy groups -OCH3 is 1. The summed E-state index contributed by atoms with van der Waals surface area (Å²) in [5.74, 6) is -1.60. The first-order valence-electron chi connectivity index (χ1n) is 7.16. The molecule has 1 aliphatic heterocycles. The van der Waals surface area contributed by atoms with Gasteiger partial charge in [-0.1, -0.05) is 17.7 Å². The molecule has 0 aliphatic carbocycles. The smallest absolute Gasteiger partial charge is 0.351 e. The van der Waals surface area contributed by atoms with Crippen molar-refractivity contribution >= 4 is 38.8 Å². The Kier molecular flexibility index (Phi) is 4.30. The molecule has 0 N–H and O–H groups in total. The highest BCUT2D eigenvalue weighted by Gasteiger charge is 2.37. The van der Waals surface area contributed by atoms with Crippen LogP contribution in [0.25, 0.3) is 0 Å². The number of anilines is 2. The van der Waals surface area contributed by atoms with Crippen LogP contribution in [0.15, 0.2) is 52.4 Å². The molecule has 2 aromatic carbocycles. The third-order valence-electron chi connectivity index (χ3n) is 3.89. The number of esters is 1. The largest absolute Gasteiger partial charge is 0.465 e. The molecule has 0 saturated carbocycles. The van der Waals surface area contributed by atoms with Crippen molar-refractivity contribution in [2.75, 3.05) is 12.0 Å². The second-order valence-corrected chi connectivity index (χ2v) is 7.65. The van der Waals surface area contributed by atoms with Crippen LogP contribution in [0.4, 0.5) is 15.8 Å². The van der Waals surface area contributed by atoms with Crippen molar-refractivity contribution in [2.45, 2.75) is 11.8 Å². The first-order valence-corrected chi connectivity index (χ1v) is 9.02. The Morgan fingerprint density at radius 1 is 1.20 bits per heavy atom. The number of carbonyl (C=O) groups is 1. The quantitative estimate of drug-likeness (QED) is 0.586. The van der Waals surface area contributed by atoms with Gasteiger partial charge in [0.05, 0.1) is 23.4 Å². The Bertz CT molecular complexity index is 1020. The van der Waals surface area contributed by atoms with E-state index >= 15 is 0 Å². The highest BCUT2D eigenvalue weighted by atomic mass is 35.5. The molecule has 0 saturated heterocycles. The van der Waals surface area contributed by atoms with E-state index in [2.05, 4.69) is 4.74 Å². The summed E-state index contributed by atoms with van der Waals surface area (Å²) >= 11 is 6.14. The van der Waals surface area contributed by atoms with E-state index < -0.39 is 26.5 Å². The molecule has 0 amide bonds. The average molecular weight is 382 g/mol. The molecule has 0 aromatic heterocycles. The van der Waals surface area contributed by atoms with Crippen LogP contribution < -0.4 is 4.90 Å². The molecule has 0 unspecified atom stereocenters. The fourth-order valence-electron chi connectivity index (χ4n) is 2.60. The SMILES string of the molecule is COC(=O)C1=CN(c2cccc(Cl)c2C)c2cc(F)ccc2S1(=O)=O. The number of sulfone groups is 1. The molecule has 0 fully saturated rings. The van der Waals surface area contributed by atoms with Gasteiger partial charge in [0.15, 0.2) is 4.91 Å². The lowest BCUT2D eigenvalue weighted by Gasteiger charge is -2.29. The number of rotatable bonds is 2. The second kappa shape index (κ2) is 6.16. The Morgan fingerprint density at radius 2 is 1.92 bits per heavy atom. The summed E-state index contributed by atoms with van der Waals surface area (Å²) in [7, 11) is -3.04. The van der Waals surface area contributed by atoms with Crippen LogP contribution in [0.1, 0.15) is 5.56 Å². The van der Waals surface area contributed by atoms with E-state index in [4.69, 9.17) is 11.6 Å². The van der Waals surface area contributed by atoms with Crippen LogP contribution >= 0.6 is 11.6 Å². The first-order chi connectivity index (χ1) is 11.8. The van der Waals surface area contributed by atoms with Gasteiger partial charge in [0.25, 0.3) is 0 Å². The minimum Gasteiger partial charge on any atom is -0.465 e. The fraction of sp³-hybridized carbons (Fsp3) is 0.118. The molecule has 3 rings (SSSR count). The van der Waals surface area contributed by atoms with E-state index in [-0.39, 0.29) is 10.6 Å². The van der Waals surface area contributed by atoms with Gasteiger partial charge in [-0.15, -0.1) is 0 Å². The Labute approximate surface area is 149 Å². The van der Waals surface area contributed by atoms with Gasteiger partial charge in [-0.05, 0) is 42.8 Å².